The van der Waals surface area contributed by atoms with Crippen molar-refractivity contribution >= 4 is 17.9 Å². The molecule has 2 fully saturated rings. The second kappa shape index (κ2) is 7.95. The molecular weight excluding hydrogens is 396 g/mol. The van der Waals surface area contributed by atoms with Gasteiger partial charge in [0.15, 0.2) is 0 Å². The predicted octanol–water partition coefficient (Wildman–Crippen LogP) is 4.63. The summed E-state index contributed by atoms with van der Waals surface area (Å²) in [5.41, 5.74) is 2.83. The standard InChI is InChI=1S/C25H32O6/c1-13-12-21(29-14(2)26)23-18-10-11-25(5)20(8-9-22(25)30-15(3)27)17(18)6-7-19(23)24(13)31-16(4)28/h12,17-18,20,22H,6-11H2,1-5H3/t17-,18+,20+,22?,25+/m1/s1. The maximum absolute atomic E-state index is 11.9. The highest BCUT2D eigenvalue weighted by atomic mass is 16.5. The topological polar surface area (TPSA) is 78.9 Å². The number of hydrogen-bond donors (Lipinski definition) is 0. The fourth-order valence-corrected chi connectivity index (χ4v) is 6.73. The predicted molar refractivity (Wildman–Crippen MR) is 114 cm³/mol. The van der Waals surface area contributed by atoms with Crippen LogP contribution in [0.25, 0.3) is 0 Å². The van der Waals surface area contributed by atoms with Gasteiger partial charge in [-0.05, 0) is 74.8 Å². The van der Waals surface area contributed by atoms with Crippen LogP contribution in [0.4, 0.5) is 0 Å². The Kier molecular flexibility index (Phi) is 5.61. The molecular formula is C25H32O6. The summed E-state index contributed by atoms with van der Waals surface area (Å²) in [5.74, 6) is 1.44. The minimum absolute atomic E-state index is 0.0185. The molecule has 3 aliphatic rings. The van der Waals surface area contributed by atoms with E-state index in [0.29, 0.717) is 23.3 Å². The molecule has 168 valence electrons. The van der Waals surface area contributed by atoms with E-state index in [1.807, 2.05) is 13.0 Å². The summed E-state index contributed by atoms with van der Waals surface area (Å²) in [6, 6.07) is 1.84. The Morgan fingerprint density at radius 1 is 0.968 bits per heavy atom. The number of rotatable bonds is 3. The molecule has 0 aliphatic heterocycles. The monoisotopic (exact) mass is 428 g/mol. The number of carbonyl (C=O) groups is 3. The molecule has 0 saturated heterocycles. The Morgan fingerprint density at radius 2 is 1.68 bits per heavy atom. The molecule has 6 nitrogen and oxygen atoms in total. The number of carbonyl (C=O) groups excluding carboxylic acids is 3. The van der Waals surface area contributed by atoms with Gasteiger partial charge in [0.1, 0.15) is 17.6 Å². The van der Waals surface area contributed by atoms with Crippen molar-refractivity contribution < 1.29 is 28.6 Å². The third kappa shape index (κ3) is 3.74. The van der Waals surface area contributed by atoms with Crippen LogP contribution in [0.3, 0.4) is 0 Å². The molecule has 31 heavy (non-hydrogen) atoms. The van der Waals surface area contributed by atoms with Gasteiger partial charge in [0, 0.05) is 37.3 Å². The van der Waals surface area contributed by atoms with Gasteiger partial charge in [-0.25, -0.2) is 0 Å². The van der Waals surface area contributed by atoms with Gasteiger partial charge in [-0.2, -0.15) is 0 Å². The van der Waals surface area contributed by atoms with Crippen molar-refractivity contribution in [3.63, 3.8) is 0 Å². The van der Waals surface area contributed by atoms with Crippen LogP contribution in [0.1, 0.15) is 82.4 Å². The first-order valence-electron chi connectivity index (χ1n) is 11.3. The molecule has 4 rings (SSSR count). The average molecular weight is 429 g/mol. The van der Waals surface area contributed by atoms with Crippen LogP contribution >= 0.6 is 0 Å². The lowest BCUT2D eigenvalue weighted by atomic mass is 9.55. The van der Waals surface area contributed by atoms with Crippen LogP contribution in [0.2, 0.25) is 0 Å². The van der Waals surface area contributed by atoms with Gasteiger partial charge in [-0.15, -0.1) is 0 Å². The van der Waals surface area contributed by atoms with Gasteiger partial charge in [-0.1, -0.05) is 6.92 Å². The van der Waals surface area contributed by atoms with E-state index < -0.39 is 0 Å². The molecule has 3 aliphatic carbocycles. The zero-order chi connectivity index (χ0) is 22.5. The molecule has 1 unspecified atom stereocenters. The number of esters is 3. The highest BCUT2D eigenvalue weighted by Crippen LogP contribution is 2.63. The van der Waals surface area contributed by atoms with E-state index in [9.17, 15) is 14.4 Å². The van der Waals surface area contributed by atoms with Crippen LogP contribution in [0.5, 0.6) is 11.5 Å². The molecule has 0 heterocycles. The maximum Gasteiger partial charge on any atom is 0.308 e. The normalized spacial score (nSPS) is 31.1. The Bertz CT molecular complexity index is 934. The summed E-state index contributed by atoms with van der Waals surface area (Å²) < 4.78 is 17.0. The van der Waals surface area contributed by atoms with E-state index in [-0.39, 0.29) is 35.3 Å². The molecule has 6 heteroatoms. The van der Waals surface area contributed by atoms with Crippen molar-refractivity contribution in [3.8, 4) is 11.5 Å². The molecule has 0 N–H and O–H groups in total. The summed E-state index contributed by atoms with van der Waals surface area (Å²) in [7, 11) is 0. The molecule has 1 aromatic rings. The third-order valence-electron chi connectivity index (χ3n) is 7.83. The Labute approximate surface area is 183 Å². The van der Waals surface area contributed by atoms with Crippen LogP contribution in [-0.4, -0.2) is 24.0 Å². The minimum Gasteiger partial charge on any atom is -0.462 e. The van der Waals surface area contributed by atoms with Gasteiger partial charge in [0.05, 0.1) is 0 Å². The van der Waals surface area contributed by atoms with E-state index >= 15 is 0 Å². The summed E-state index contributed by atoms with van der Waals surface area (Å²) in [4.78, 5) is 35.3. The van der Waals surface area contributed by atoms with Crippen molar-refractivity contribution in [1.29, 1.82) is 0 Å². The summed E-state index contributed by atoms with van der Waals surface area (Å²) in [5, 5.41) is 0. The van der Waals surface area contributed by atoms with Gasteiger partial charge in [-0.3, -0.25) is 14.4 Å². The zero-order valence-corrected chi connectivity index (χ0v) is 19.1. The number of fused-ring (bicyclic) bond motifs is 5. The van der Waals surface area contributed by atoms with Gasteiger partial charge >= 0.3 is 17.9 Å². The number of hydrogen-bond acceptors (Lipinski definition) is 6. The minimum atomic E-state index is -0.347. The van der Waals surface area contributed by atoms with E-state index in [2.05, 4.69) is 6.92 Å². The third-order valence-corrected chi connectivity index (χ3v) is 7.83. The fourth-order valence-electron chi connectivity index (χ4n) is 6.73. The summed E-state index contributed by atoms with van der Waals surface area (Å²) in [6.45, 7) is 8.48. The first kappa shape index (κ1) is 21.8. The zero-order valence-electron chi connectivity index (χ0n) is 19.1. The molecule has 0 aromatic heterocycles. The smallest absolute Gasteiger partial charge is 0.308 e. The number of benzene rings is 1. The summed E-state index contributed by atoms with van der Waals surface area (Å²) >= 11 is 0. The Morgan fingerprint density at radius 3 is 2.32 bits per heavy atom. The van der Waals surface area contributed by atoms with Crippen LogP contribution in [-0.2, 0) is 25.5 Å². The molecule has 5 atom stereocenters. The van der Waals surface area contributed by atoms with E-state index in [0.717, 1.165) is 55.2 Å². The van der Waals surface area contributed by atoms with Crippen molar-refractivity contribution in [2.75, 3.05) is 0 Å². The first-order valence-corrected chi connectivity index (χ1v) is 11.3. The van der Waals surface area contributed by atoms with Crippen molar-refractivity contribution in [3.05, 3.63) is 22.8 Å². The summed E-state index contributed by atoms with van der Waals surface area (Å²) in [6.07, 6.45) is 5.56. The average Bonchev–Trinajstić information content (AvgIpc) is 2.99. The first-order chi connectivity index (χ1) is 14.6. The molecule has 0 radical (unpaired) electrons. The van der Waals surface area contributed by atoms with Crippen molar-refractivity contribution in [2.24, 2.45) is 17.3 Å². The van der Waals surface area contributed by atoms with Gasteiger partial charge in [0.25, 0.3) is 0 Å². The lowest BCUT2D eigenvalue weighted by molar-refractivity contribution is -0.154. The van der Waals surface area contributed by atoms with E-state index in [1.165, 1.54) is 20.8 Å². The second-order valence-electron chi connectivity index (χ2n) is 9.74. The Hall–Kier alpha value is -2.37. The fraction of sp³-hybridized carbons (Fsp3) is 0.640. The van der Waals surface area contributed by atoms with Crippen molar-refractivity contribution in [2.45, 2.75) is 85.2 Å². The molecule has 0 bridgehead atoms. The molecule has 1 aromatic carbocycles. The second-order valence-corrected chi connectivity index (χ2v) is 9.74. The highest BCUT2D eigenvalue weighted by molar-refractivity contribution is 5.74. The number of ether oxygens (including phenoxy) is 3. The van der Waals surface area contributed by atoms with E-state index in [1.54, 1.807) is 0 Å². The Balaban J connectivity index is 1.75. The van der Waals surface area contributed by atoms with Crippen LogP contribution in [0, 0.1) is 24.2 Å². The van der Waals surface area contributed by atoms with Gasteiger partial charge in [0.2, 0.25) is 0 Å². The van der Waals surface area contributed by atoms with Gasteiger partial charge < -0.3 is 14.2 Å². The highest BCUT2D eigenvalue weighted by Gasteiger charge is 2.56. The largest absolute Gasteiger partial charge is 0.462 e. The van der Waals surface area contributed by atoms with Crippen LogP contribution in [0.15, 0.2) is 6.07 Å². The van der Waals surface area contributed by atoms with Crippen LogP contribution < -0.4 is 9.47 Å². The molecule has 0 amide bonds. The van der Waals surface area contributed by atoms with E-state index in [4.69, 9.17) is 14.2 Å². The molecule has 2 saturated carbocycles. The molecule has 0 spiro atoms. The quantitative estimate of drug-likeness (QED) is 0.516. The maximum atomic E-state index is 11.9. The number of aryl methyl sites for hydroxylation is 1. The lowest BCUT2D eigenvalue weighted by Crippen LogP contribution is -2.45. The lowest BCUT2D eigenvalue weighted by Gasteiger charge is -2.50. The van der Waals surface area contributed by atoms with Crippen molar-refractivity contribution in [1.82, 2.24) is 0 Å². The SMILES string of the molecule is CC(=O)Oc1cc(C)c(OC(C)=O)c2c1[C@H]1CC[C@]3(C)C(OC(C)=O)CC[C@H]3[C@@H]1CC2.